The smallest absolute Gasteiger partial charge is 0.0659 e. The van der Waals surface area contributed by atoms with Gasteiger partial charge in [0.2, 0.25) is 0 Å². The van der Waals surface area contributed by atoms with Crippen molar-refractivity contribution >= 4 is 11.6 Å². The van der Waals surface area contributed by atoms with Gasteiger partial charge in [0.1, 0.15) is 0 Å². The molecule has 2 N–H and O–H groups in total. The first-order chi connectivity index (χ1) is 6.65. The van der Waals surface area contributed by atoms with Crippen LogP contribution in [0.4, 0.5) is 0 Å². The van der Waals surface area contributed by atoms with Crippen molar-refractivity contribution in [2.24, 2.45) is 5.73 Å². The zero-order chi connectivity index (χ0) is 10.6. The zero-order valence-corrected chi connectivity index (χ0v) is 9.34. The van der Waals surface area contributed by atoms with Gasteiger partial charge in [0, 0.05) is 11.6 Å². The molecule has 0 amide bonds. The number of rotatable bonds is 4. The van der Waals surface area contributed by atoms with E-state index >= 15 is 0 Å². The predicted octanol–water partition coefficient (Wildman–Crippen LogP) is 2.68. The van der Waals surface area contributed by atoms with Gasteiger partial charge in [-0.15, -0.1) is 0 Å². The van der Waals surface area contributed by atoms with Crippen LogP contribution >= 0.6 is 11.6 Å². The number of nitrogens with two attached hydrogens (primary N) is 1. The maximum Gasteiger partial charge on any atom is 0.0659 e. The second-order valence-electron chi connectivity index (χ2n) is 3.27. The number of halogens is 1. The summed E-state index contributed by atoms with van der Waals surface area (Å²) in [7, 11) is 0. The number of aryl methyl sites for hydroxylation is 1. The van der Waals surface area contributed by atoms with Crippen molar-refractivity contribution in [1.82, 2.24) is 0 Å². The summed E-state index contributed by atoms with van der Waals surface area (Å²) in [5.41, 5.74) is 8.01. The summed E-state index contributed by atoms with van der Waals surface area (Å²) in [6, 6.07) is 5.78. The van der Waals surface area contributed by atoms with Crippen molar-refractivity contribution in [3.8, 4) is 0 Å². The van der Waals surface area contributed by atoms with E-state index < -0.39 is 0 Å². The normalized spacial score (nSPS) is 12.9. The monoisotopic (exact) mass is 213 g/mol. The molecule has 1 unspecified atom stereocenters. The molecule has 0 saturated carbocycles. The summed E-state index contributed by atoms with van der Waals surface area (Å²) in [5.74, 6) is 0. The van der Waals surface area contributed by atoms with Crippen molar-refractivity contribution in [2.75, 3.05) is 13.2 Å². The molecule has 0 aliphatic rings. The topological polar surface area (TPSA) is 35.2 Å². The summed E-state index contributed by atoms with van der Waals surface area (Å²) >= 11 is 6.00. The molecule has 1 aromatic rings. The fourth-order valence-electron chi connectivity index (χ4n) is 1.18. The Morgan fingerprint density at radius 2 is 2.21 bits per heavy atom. The van der Waals surface area contributed by atoms with E-state index in [-0.39, 0.29) is 6.04 Å². The molecule has 1 aromatic carbocycles. The molecular formula is C11H16ClNO. The zero-order valence-electron chi connectivity index (χ0n) is 8.59. The fourth-order valence-corrected chi connectivity index (χ4v) is 1.37. The molecule has 14 heavy (non-hydrogen) atoms. The summed E-state index contributed by atoms with van der Waals surface area (Å²) in [6.07, 6.45) is 0. The molecule has 0 saturated heterocycles. The van der Waals surface area contributed by atoms with Crippen molar-refractivity contribution < 1.29 is 4.74 Å². The molecule has 0 fully saturated rings. The second-order valence-corrected chi connectivity index (χ2v) is 3.68. The van der Waals surface area contributed by atoms with Crippen LogP contribution in [0.5, 0.6) is 0 Å². The van der Waals surface area contributed by atoms with Crippen LogP contribution in [-0.4, -0.2) is 13.2 Å². The summed E-state index contributed by atoms with van der Waals surface area (Å²) in [6.45, 7) is 5.15. The average molecular weight is 214 g/mol. The molecule has 78 valence electrons. The van der Waals surface area contributed by atoms with Crippen molar-refractivity contribution in [1.29, 1.82) is 0 Å². The molecule has 0 aromatic heterocycles. The van der Waals surface area contributed by atoms with Crippen LogP contribution in [0.3, 0.4) is 0 Å². The minimum absolute atomic E-state index is 0.0898. The van der Waals surface area contributed by atoms with E-state index in [9.17, 15) is 0 Å². The maximum atomic E-state index is 6.00. The third-order valence-electron chi connectivity index (χ3n) is 2.13. The summed E-state index contributed by atoms with van der Waals surface area (Å²) in [5, 5.41) is 0.759. The van der Waals surface area contributed by atoms with Gasteiger partial charge in [0.05, 0.1) is 12.6 Å². The lowest BCUT2D eigenvalue weighted by molar-refractivity contribution is 0.133. The van der Waals surface area contributed by atoms with E-state index in [2.05, 4.69) is 0 Å². The van der Waals surface area contributed by atoms with Crippen molar-refractivity contribution in [3.05, 3.63) is 34.3 Å². The third-order valence-corrected chi connectivity index (χ3v) is 2.53. The van der Waals surface area contributed by atoms with Gasteiger partial charge in [-0.2, -0.15) is 0 Å². The van der Waals surface area contributed by atoms with Crippen molar-refractivity contribution in [2.45, 2.75) is 19.9 Å². The van der Waals surface area contributed by atoms with Gasteiger partial charge in [0.25, 0.3) is 0 Å². The Labute approximate surface area is 90.0 Å². The van der Waals surface area contributed by atoms with E-state index in [4.69, 9.17) is 22.1 Å². The van der Waals surface area contributed by atoms with Gasteiger partial charge in [0.15, 0.2) is 0 Å². The molecule has 0 aliphatic heterocycles. The van der Waals surface area contributed by atoms with Gasteiger partial charge in [-0.25, -0.2) is 0 Å². The van der Waals surface area contributed by atoms with Crippen LogP contribution in [0.15, 0.2) is 18.2 Å². The highest BCUT2D eigenvalue weighted by molar-refractivity contribution is 6.31. The Hall–Kier alpha value is -0.570. The molecule has 2 nitrogen and oxygen atoms in total. The first-order valence-corrected chi connectivity index (χ1v) is 5.12. The molecule has 3 heteroatoms. The van der Waals surface area contributed by atoms with E-state index in [0.717, 1.165) is 16.1 Å². The molecule has 0 aliphatic carbocycles. The molecular weight excluding hydrogens is 198 g/mol. The van der Waals surface area contributed by atoms with Crippen LogP contribution in [0.2, 0.25) is 5.02 Å². The van der Waals surface area contributed by atoms with Crippen LogP contribution in [0.1, 0.15) is 24.1 Å². The highest BCUT2D eigenvalue weighted by Gasteiger charge is 2.06. The minimum atomic E-state index is -0.0898. The number of benzene rings is 1. The average Bonchev–Trinajstić information content (AvgIpc) is 2.18. The standard InChI is InChI=1S/C11H16ClNO/c1-3-14-7-11(13)9-5-4-8(2)10(12)6-9/h4-6,11H,3,7,13H2,1-2H3. The maximum absolute atomic E-state index is 6.00. The van der Waals surface area contributed by atoms with Crippen LogP contribution in [0.25, 0.3) is 0 Å². The van der Waals surface area contributed by atoms with Crippen LogP contribution < -0.4 is 5.73 Å². The molecule has 1 rings (SSSR count). The van der Waals surface area contributed by atoms with Gasteiger partial charge < -0.3 is 10.5 Å². The third kappa shape index (κ3) is 2.98. The predicted molar refractivity (Wildman–Crippen MR) is 59.6 cm³/mol. The first-order valence-electron chi connectivity index (χ1n) is 4.74. The van der Waals surface area contributed by atoms with Crippen LogP contribution in [-0.2, 0) is 4.74 Å². The first kappa shape index (κ1) is 11.5. The molecule has 0 radical (unpaired) electrons. The highest BCUT2D eigenvalue weighted by atomic mass is 35.5. The van der Waals surface area contributed by atoms with E-state index in [1.165, 1.54) is 0 Å². The van der Waals surface area contributed by atoms with Crippen LogP contribution in [0, 0.1) is 6.92 Å². The SMILES string of the molecule is CCOCC(N)c1ccc(C)c(Cl)c1. The molecule has 0 spiro atoms. The van der Waals surface area contributed by atoms with Gasteiger partial charge in [-0.1, -0.05) is 23.7 Å². The Bertz CT molecular complexity index is 301. The Balaban J connectivity index is 2.70. The largest absolute Gasteiger partial charge is 0.380 e. The number of hydrogen-bond donors (Lipinski definition) is 1. The number of hydrogen-bond acceptors (Lipinski definition) is 2. The van der Waals surface area contributed by atoms with Crippen molar-refractivity contribution in [3.63, 3.8) is 0 Å². The summed E-state index contributed by atoms with van der Waals surface area (Å²) in [4.78, 5) is 0. The molecule has 0 heterocycles. The Kier molecular flexibility index (Phi) is 4.39. The lowest BCUT2D eigenvalue weighted by Crippen LogP contribution is -2.17. The van der Waals surface area contributed by atoms with E-state index in [1.807, 2.05) is 32.0 Å². The minimum Gasteiger partial charge on any atom is -0.380 e. The lowest BCUT2D eigenvalue weighted by atomic mass is 10.1. The van der Waals surface area contributed by atoms with E-state index in [0.29, 0.717) is 13.2 Å². The lowest BCUT2D eigenvalue weighted by Gasteiger charge is -2.12. The van der Waals surface area contributed by atoms with Gasteiger partial charge in [-0.3, -0.25) is 0 Å². The van der Waals surface area contributed by atoms with Gasteiger partial charge in [-0.05, 0) is 31.0 Å². The highest BCUT2D eigenvalue weighted by Crippen LogP contribution is 2.20. The fraction of sp³-hybridized carbons (Fsp3) is 0.455. The van der Waals surface area contributed by atoms with E-state index in [1.54, 1.807) is 0 Å². The number of ether oxygens (including phenoxy) is 1. The van der Waals surface area contributed by atoms with Gasteiger partial charge >= 0.3 is 0 Å². The second kappa shape index (κ2) is 5.35. The quantitative estimate of drug-likeness (QED) is 0.835. The Morgan fingerprint density at radius 3 is 2.79 bits per heavy atom. The molecule has 0 bridgehead atoms. The summed E-state index contributed by atoms with van der Waals surface area (Å²) < 4.78 is 5.25. The molecule has 1 atom stereocenters. The Morgan fingerprint density at radius 1 is 1.50 bits per heavy atom.